The van der Waals surface area contributed by atoms with Crippen LogP contribution in [0.5, 0.6) is 11.5 Å². The maximum absolute atomic E-state index is 13.1. The van der Waals surface area contributed by atoms with Crippen molar-refractivity contribution in [2.24, 2.45) is 0 Å². The van der Waals surface area contributed by atoms with Crippen LogP contribution in [0.15, 0.2) is 36.4 Å². The number of ether oxygens (including phenoxy) is 3. The van der Waals surface area contributed by atoms with E-state index >= 15 is 0 Å². The highest BCUT2D eigenvalue weighted by Crippen LogP contribution is 2.25. The van der Waals surface area contributed by atoms with Gasteiger partial charge in [-0.15, -0.1) is 0 Å². The average Bonchev–Trinajstić information content (AvgIpc) is 2.83. The minimum absolute atomic E-state index is 0.290. The van der Waals surface area contributed by atoms with Crippen LogP contribution in [-0.2, 0) is 16.0 Å². The zero-order chi connectivity index (χ0) is 26.5. The number of benzene rings is 2. The maximum Gasteiger partial charge on any atom is 0.415 e. The molecule has 0 aliphatic carbocycles. The molecule has 1 unspecified atom stereocenters. The van der Waals surface area contributed by atoms with Crippen LogP contribution in [0, 0.1) is 20.8 Å². The number of carboxylic acid groups (broad SMARTS) is 1. The SMILES string of the molecule is CCCCCCN(CCOc1ccc(CC(OCC)C(=O)O)cc1)C(=O)Oc1c(C)cc(C)cc1C. The van der Waals surface area contributed by atoms with Gasteiger partial charge in [0.25, 0.3) is 0 Å². The second-order valence-corrected chi connectivity index (χ2v) is 9.12. The summed E-state index contributed by atoms with van der Waals surface area (Å²) >= 11 is 0. The molecule has 0 aromatic heterocycles. The van der Waals surface area contributed by atoms with Gasteiger partial charge in [-0.1, -0.05) is 56.0 Å². The van der Waals surface area contributed by atoms with E-state index in [4.69, 9.17) is 14.2 Å². The van der Waals surface area contributed by atoms with Crippen molar-refractivity contribution >= 4 is 12.1 Å². The minimum Gasteiger partial charge on any atom is -0.492 e. The van der Waals surface area contributed by atoms with Crippen LogP contribution in [0.25, 0.3) is 0 Å². The number of hydrogen-bond donors (Lipinski definition) is 1. The number of hydrogen-bond acceptors (Lipinski definition) is 5. The Kier molecular flexibility index (Phi) is 12.3. The summed E-state index contributed by atoms with van der Waals surface area (Å²) in [6.07, 6.45) is 3.29. The van der Waals surface area contributed by atoms with Crippen molar-refractivity contribution in [2.45, 2.75) is 72.8 Å². The molecule has 36 heavy (non-hydrogen) atoms. The third-order valence-corrected chi connectivity index (χ3v) is 5.95. The molecule has 7 nitrogen and oxygen atoms in total. The van der Waals surface area contributed by atoms with Gasteiger partial charge in [0.05, 0.1) is 6.54 Å². The molecule has 2 aromatic carbocycles. The Morgan fingerprint density at radius 2 is 1.61 bits per heavy atom. The lowest BCUT2D eigenvalue weighted by molar-refractivity contribution is -0.149. The molecular formula is C29H41NO6. The number of aliphatic carboxylic acids is 1. The highest BCUT2D eigenvalue weighted by Gasteiger charge is 2.19. The first kappa shape index (κ1) is 29.2. The summed E-state index contributed by atoms with van der Waals surface area (Å²) in [4.78, 5) is 26.1. The molecule has 0 aliphatic heterocycles. The van der Waals surface area contributed by atoms with E-state index in [0.29, 0.717) is 44.2 Å². The topological polar surface area (TPSA) is 85.3 Å². The molecule has 2 rings (SSSR count). The molecule has 1 atom stereocenters. The van der Waals surface area contributed by atoms with E-state index in [2.05, 4.69) is 6.92 Å². The van der Waals surface area contributed by atoms with Crippen molar-refractivity contribution in [3.63, 3.8) is 0 Å². The smallest absolute Gasteiger partial charge is 0.415 e. The summed E-state index contributed by atoms with van der Waals surface area (Å²) in [6, 6.07) is 11.3. The number of rotatable bonds is 15. The molecule has 0 heterocycles. The number of carbonyl (C=O) groups is 2. The van der Waals surface area contributed by atoms with Crippen LogP contribution >= 0.6 is 0 Å². The van der Waals surface area contributed by atoms with Gasteiger partial charge in [0.2, 0.25) is 0 Å². The molecule has 2 aromatic rings. The highest BCUT2D eigenvalue weighted by atomic mass is 16.6. The fraction of sp³-hybridized carbons (Fsp3) is 0.517. The van der Waals surface area contributed by atoms with Crippen LogP contribution in [0.4, 0.5) is 4.79 Å². The minimum atomic E-state index is -0.973. The van der Waals surface area contributed by atoms with Crippen molar-refractivity contribution in [3.8, 4) is 11.5 Å². The Morgan fingerprint density at radius 1 is 0.944 bits per heavy atom. The largest absolute Gasteiger partial charge is 0.492 e. The summed E-state index contributed by atoms with van der Waals surface area (Å²) in [5.74, 6) is 0.304. The third-order valence-electron chi connectivity index (χ3n) is 5.95. The number of unbranched alkanes of at least 4 members (excludes halogenated alkanes) is 3. The molecule has 0 spiro atoms. The first-order valence-corrected chi connectivity index (χ1v) is 12.9. The van der Waals surface area contributed by atoms with Gasteiger partial charge < -0.3 is 24.2 Å². The van der Waals surface area contributed by atoms with Crippen LogP contribution in [0.2, 0.25) is 0 Å². The molecule has 0 bridgehead atoms. The van der Waals surface area contributed by atoms with Gasteiger partial charge in [-0.3, -0.25) is 0 Å². The number of amides is 1. The Hall–Kier alpha value is -3.06. The fourth-order valence-electron chi connectivity index (χ4n) is 4.13. The van der Waals surface area contributed by atoms with Gasteiger partial charge in [-0.05, 0) is 62.9 Å². The number of carboxylic acids is 1. The van der Waals surface area contributed by atoms with Crippen LogP contribution in [0.1, 0.15) is 61.8 Å². The Labute approximate surface area is 215 Å². The highest BCUT2D eigenvalue weighted by molar-refractivity contribution is 5.73. The lowest BCUT2D eigenvalue weighted by atomic mass is 10.1. The zero-order valence-corrected chi connectivity index (χ0v) is 22.3. The normalized spacial score (nSPS) is 11.7. The molecule has 198 valence electrons. The first-order chi connectivity index (χ1) is 17.2. The quantitative estimate of drug-likeness (QED) is 0.298. The van der Waals surface area contributed by atoms with Crippen LogP contribution in [-0.4, -0.2) is 54.5 Å². The van der Waals surface area contributed by atoms with E-state index in [-0.39, 0.29) is 6.09 Å². The summed E-state index contributed by atoms with van der Waals surface area (Å²) in [7, 11) is 0. The molecule has 1 N–H and O–H groups in total. The van der Waals surface area contributed by atoms with Crippen molar-refractivity contribution in [3.05, 3.63) is 58.7 Å². The maximum atomic E-state index is 13.1. The molecule has 0 aliphatic rings. The summed E-state index contributed by atoms with van der Waals surface area (Å²) < 4.78 is 17.0. The van der Waals surface area contributed by atoms with Gasteiger partial charge in [0.1, 0.15) is 18.1 Å². The summed E-state index contributed by atoms with van der Waals surface area (Å²) in [5, 5.41) is 9.27. The predicted molar refractivity (Wildman–Crippen MR) is 141 cm³/mol. The Bertz CT molecular complexity index is 949. The second-order valence-electron chi connectivity index (χ2n) is 9.12. The lowest BCUT2D eigenvalue weighted by Crippen LogP contribution is -2.37. The first-order valence-electron chi connectivity index (χ1n) is 12.9. The molecule has 0 saturated carbocycles. The van der Waals surface area contributed by atoms with E-state index in [0.717, 1.165) is 47.9 Å². The molecule has 1 amide bonds. The lowest BCUT2D eigenvalue weighted by Gasteiger charge is -2.23. The molecule has 0 saturated heterocycles. The summed E-state index contributed by atoms with van der Waals surface area (Å²) in [5.41, 5.74) is 3.88. The van der Waals surface area contributed by atoms with Gasteiger partial charge >= 0.3 is 12.1 Å². The molecule has 7 heteroatoms. The predicted octanol–water partition coefficient (Wildman–Crippen LogP) is 6.10. The van der Waals surface area contributed by atoms with Crippen molar-refractivity contribution in [1.29, 1.82) is 0 Å². The Balaban J connectivity index is 1.97. The van der Waals surface area contributed by atoms with Gasteiger partial charge in [0, 0.05) is 19.6 Å². The van der Waals surface area contributed by atoms with Crippen molar-refractivity contribution in [1.82, 2.24) is 4.90 Å². The standard InChI is InChI=1S/C29H41NO6/c1-6-8-9-10-15-30(29(33)36-27-22(4)18-21(3)19-23(27)5)16-17-35-25-13-11-24(12-14-25)20-26(28(31)32)34-7-2/h11-14,18-19,26H,6-10,15-17,20H2,1-5H3,(H,31,32). The monoisotopic (exact) mass is 499 g/mol. The van der Waals surface area contributed by atoms with E-state index in [9.17, 15) is 14.7 Å². The molecular weight excluding hydrogens is 458 g/mol. The van der Waals surface area contributed by atoms with E-state index in [1.54, 1.807) is 11.8 Å². The van der Waals surface area contributed by atoms with E-state index in [1.807, 2.05) is 57.2 Å². The average molecular weight is 500 g/mol. The van der Waals surface area contributed by atoms with Gasteiger partial charge in [-0.25, -0.2) is 9.59 Å². The Morgan fingerprint density at radius 3 is 2.19 bits per heavy atom. The molecule has 0 fully saturated rings. The van der Waals surface area contributed by atoms with Gasteiger partial charge in [-0.2, -0.15) is 0 Å². The van der Waals surface area contributed by atoms with E-state index < -0.39 is 12.1 Å². The number of carbonyl (C=O) groups excluding carboxylic acids is 1. The zero-order valence-electron chi connectivity index (χ0n) is 22.3. The van der Waals surface area contributed by atoms with Crippen molar-refractivity contribution < 1.29 is 28.9 Å². The second kappa shape index (κ2) is 15.1. The van der Waals surface area contributed by atoms with Crippen molar-refractivity contribution in [2.75, 3.05) is 26.3 Å². The molecule has 0 radical (unpaired) electrons. The van der Waals surface area contributed by atoms with Gasteiger partial charge in [0.15, 0.2) is 6.10 Å². The van der Waals surface area contributed by atoms with E-state index in [1.165, 1.54) is 0 Å². The van der Waals surface area contributed by atoms with Crippen LogP contribution in [0.3, 0.4) is 0 Å². The number of nitrogens with zero attached hydrogens (tertiary/aromatic N) is 1. The number of aryl methyl sites for hydroxylation is 3. The fourth-order valence-corrected chi connectivity index (χ4v) is 4.13. The summed E-state index contributed by atoms with van der Waals surface area (Å²) in [6.45, 7) is 11.6. The third kappa shape index (κ3) is 9.53. The van der Waals surface area contributed by atoms with Crippen LogP contribution < -0.4 is 9.47 Å².